The third-order valence-electron chi connectivity index (χ3n) is 5.70. The van der Waals surface area contributed by atoms with E-state index in [4.69, 9.17) is 0 Å². The summed E-state index contributed by atoms with van der Waals surface area (Å²) in [5.41, 5.74) is 2.17. The Hall–Kier alpha value is -2.73. The van der Waals surface area contributed by atoms with Gasteiger partial charge >= 0.3 is 0 Å². The Morgan fingerprint density at radius 1 is 1.23 bits per heavy atom. The van der Waals surface area contributed by atoms with Crippen molar-refractivity contribution in [1.82, 2.24) is 9.88 Å². The van der Waals surface area contributed by atoms with Gasteiger partial charge < -0.3 is 10.2 Å². The molecule has 1 atom stereocenters. The van der Waals surface area contributed by atoms with E-state index in [0.29, 0.717) is 23.8 Å². The molecule has 1 N–H and O–H groups in total. The monoisotopic (exact) mass is 408 g/mol. The van der Waals surface area contributed by atoms with Gasteiger partial charge in [-0.3, -0.25) is 14.5 Å². The summed E-state index contributed by atoms with van der Waals surface area (Å²) >= 11 is 0. The van der Waals surface area contributed by atoms with Gasteiger partial charge in [0.05, 0.1) is 12.2 Å². The van der Waals surface area contributed by atoms with Gasteiger partial charge in [0.2, 0.25) is 5.91 Å². The zero-order chi connectivity index (χ0) is 21.7. The number of pyridine rings is 1. The predicted molar refractivity (Wildman–Crippen MR) is 121 cm³/mol. The van der Waals surface area contributed by atoms with Crippen LogP contribution in [0, 0.1) is 0 Å². The maximum Gasteiger partial charge on any atom is 0.238 e. The van der Waals surface area contributed by atoms with E-state index in [1.165, 1.54) is 19.8 Å². The Balaban J connectivity index is 1.63. The van der Waals surface area contributed by atoms with Crippen LogP contribution in [-0.2, 0) is 11.3 Å². The van der Waals surface area contributed by atoms with Crippen molar-refractivity contribution in [2.75, 3.05) is 23.3 Å². The number of Topliss-reactive ketones (excluding diaryl/α,β-unsaturated/α-hetero) is 1. The molecule has 0 unspecified atom stereocenters. The molecule has 30 heavy (non-hydrogen) atoms. The topological polar surface area (TPSA) is 65.5 Å². The lowest BCUT2D eigenvalue weighted by Gasteiger charge is -2.26. The minimum Gasteiger partial charge on any atom is -0.354 e. The van der Waals surface area contributed by atoms with Gasteiger partial charge in [-0.15, -0.1) is 0 Å². The number of carbonyl (C=O) groups is 2. The number of rotatable bonds is 8. The van der Waals surface area contributed by atoms with Crippen LogP contribution >= 0.6 is 0 Å². The first-order valence-electron chi connectivity index (χ1n) is 10.7. The second-order valence-electron chi connectivity index (χ2n) is 8.36. The number of para-hydroxylation sites is 1. The van der Waals surface area contributed by atoms with Gasteiger partial charge in [-0.25, -0.2) is 4.98 Å². The normalized spacial score (nSPS) is 16.3. The Morgan fingerprint density at radius 2 is 2.00 bits per heavy atom. The van der Waals surface area contributed by atoms with Crippen LogP contribution in [0.2, 0.25) is 0 Å². The van der Waals surface area contributed by atoms with Gasteiger partial charge in [-0.2, -0.15) is 0 Å². The number of nitrogens with one attached hydrogen (secondary N) is 1. The highest BCUT2D eigenvalue weighted by Crippen LogP contribution is 2.23. The lowest BCUT2D eigenvalue weighted by atomic mass is 10.1. The van der Waals surface area contributed by atoms with E-state index in [0.717, 1.165) is 17.9 Å². The molecule has 1 aliphatic rings. The van der Waals surface area contributed by atoms with Gasteiger partial charge in [-0.1, -0.05) is 18.2 Å². The molecule has 6 heteroatoms. The molecule has 160 valence electrons. The standard InChI is InChI=1S/C24H32N4O2/c1-17(2)27(16-24(30)26-22-10-6-5-9-21(22)19(4)29)15-20-11-12-23(25-14-20)28-13-7-8-18(28)3/h5-6,9-12,14,17-18H,7-8,13,15-16H2,1-4H3,(H,26,30)/t18-/m1/s1. The van der Waals surface area contributed by atoms with E-state index >= 15 is 0 Å². The van der Waals surface area contributed by atoms with E-state index in [-0.39, 0.29) is 24.3 Å². The summed E-state index contributed by atoms with van der Waals surface area (Å²) in [5.74, 6) is 0.830. The van der Waals surface area contributed by atoms with E-state index < -0.39 is 0 Å². The Labute approximate surface area is 179 Å². The molecule has 6 nitrogen and oxygen atoms in total. The fraction of sp³-hybridized carbons (Fsp3) is 0.458. The zero-order valence-electron chi connectivity index (χ0n) is 18.4. The number of hydrogen-bond donors (Lipinski definition) is 1. The zero-order valence-corrected chi connectivity index (χ0v) is 18.4. The van der Waals surface area contributed by atoms with Gasteiger partial charge in [0.1, 0.15) is 5.82 Å². The molecule has 0 spiro atoms. The summed E-state index contributed by atoms with van der Waals surface area (Å²) in [6, 6.07) is 12.0. The van der Waals surface area contributed by atoms with Crippen LogP contribution in [0.4, 0.5) is 11.5 Å². The van der Waals surface area contributed by atoms with Crippen LogP contribution < -0.4 is 10.2 Å². The third kappa shape index (κ3) is 5.45. The summed E-state index contributed by atoms with van der Waals surface area (Å²) in [5, 5.41) is 2.89. The minimum absolute atomic E-state index is 0.0647. The van der Waals surface area contributed by atoms with Crippen molar-refractivity contribution in [1.29, 1.82) is 0 Å². The lowest BCUT2D eigenvalue weighted by molar-refractivity contribution is -0.117. The number of hydrogen-bond acceptors (Lipinski definition) is 5. The van der Waals surface area contributed by atoms with E-state index in [2.05, 4.69) is 53.0 Å². The van der Waals surface area contributed by atoms with Crippen LogP contribution in [0.15, 0.2) is 42.6 Å². The van der Waals surface area contributed by atoms with E-state index in [1.807, 2.05) is 12.3 Å². The maximum absolute atomic E-state index is 12.7. The van der Waals surface area contributed by atoms with Crippen LogP contribution in [0.3, 0.4) is 0 Å². The van der Waals surface area contributed by atoms with Gasteiger partial charge in [0.15, 0.2) is 5.78 Å². The smallest absolute Gasteiger partial charge is 0.238 e. The number of anilines is 2. The highest BCUT2D eigenvalue weighted by molar-refractivity contribution is 6.04. The summed E-state index contributed by atoms with van der Waals surface area (Å²) in [7, 11) is 0. The molecule has 0 radical (unpaired) electrons. The van der Waals surface area contributed by atoms with Crippen LogP contribution in [0.1, 0.15) is 56.5 Å². The van der Waals surface area contributed by atoms with Crippen LogP contribution in [0.25, 0.3) is 0 Å². The second kappa shape index (κ2) is 9.85. The molecule has 1 saturated heterocycles. The molecule has 2 aromatic rings. The fourth-order valence-electron chi connectivity index (χ4n) is 3.88. The highest BCUT2D eigenvalue weighted by Gasteiger charge is 2.22. The van der Waals surface area contributed by atoms with Gasteiger partial charge in [-0.05, 0) is 64.3 Å². The second-order valence-corrected chi connectivity index (χ2v) is 8.36. The summed E-state index contributed by atoms with van der Waals surface area (Å²) < 4.78 is 0. The predicted octanol–water partition coefficient (Wildman–Crippen LogP) is 4.12. The van der Waals surface area contributed by atoms with Gasteiger partial charge in [0, 0.05) is 36.9 Å². The number of nitrogens with zero attached hydrogens (tertiary/aromatic N) is 3. The van der Waals surface area contributed by atoms with Crippen LogP contribution in [0.5, 0.6) is 0 Å². The van der Waals surface area contributed by atoms with Crippen molar-refractivity contribution < 1.29 is 9.59 Å². The summed E-state index contributed by atoms with van der Waals surface area (Å²) in [6.07, 6.45) is 4.35. The molecule has 0 saturated carbocycles. The maximum atomic E-state index is 12.7. The van der Waals surface area contributed by atoms with E-state index in [1.54, 1.807) is 18.2 Å². The molecule has 1 aromatic carbocycles. The molecule has 1 fully saturated rings. The van der Waals surface area contributed by atoms with Crippen molar-refractivity contribution in [3.8, 4) is 0 Å². The van der Waals surface area contributed by atoms with Crippen molar-refractivity contribution in [2.24, 2.45) is 0 Å². The Bertz CT molecular complexity index is 879. The molecule has 1 amide bonds. The number of ketones is 1. The SMILES string of the molecule is CC(=O)c1ccccc1NC(=O)CN(Cc1ccc(N2CCC[C@H]2C)nc1)C(C)C. The molecule has 2 heterocycles. The molecule has 1 aromatic heterocycles. The van der Waals surface area contributed by atoms with Crippen molar-refractivity contribution >= 4 is 23.2 Å². The summed E-state index contributed by atoms with van der Waals surface area (Å²) in [4.78, 5) is 33.6. The number of carbonyl (C=O) groups excluding carboxylic acids is 2. The largest absolute Gasteiger partial charge is 0.354 e. The van der Waals surface area contributed by atoms with Crippen molar-refractivity contribution in [2.45, 2.75) is 59.2 Å². The molecule has 1 aliphatic heterocycles. The lowest BCUT2D eigenvalue weighted by Crippen LogP contribution is -2.37. The summed E-state index contributed by atoms with van der Waals surface area (Å²) in [6.45, 7) is 9.84. The number of amides is 1. The molecule has 0 bridgehead atoms. The van der Waals surface area contributed by atoms with Crippen molar-refractivity contribution in [3.05, 3.63) is 53.7 Å². The molecule has 3 rings (SSSR count). The van der Waals surface area contributed by atoms with E-state index in [9.17, 15) is 9.59 Å². The minimum atomic E-state index is -0.132. The first kappa shape index (κ1) is 22.0. The first-order chi connectivity index (χ1) is 14.3. The first-order valence-corrected chi connectivity index (χ1v) is 10.7. The molecule has 0 aliphatic carbocycles. The van der Waals surface area contributed by atoms with Crippen molar-refractivity contribution in [3.63, 3.8) is 0 Å². The quantitative estimate of drug-likeness (QED) is 0.666. The fourth-order valence-corrected chi connectivity index (χ4v) is 3.88. The number of aromatic nitrogens is 1. The van der Waals surface area contributed by atoms with Gasteiger partial charge in [0.25, 0.3) is 0 Å². The van der Waals surface area contributed by atoms with Crippen LogP contribution in [-0.4, -0.2) is 46.7 Å². The third-order valence-corrected chi connectivity index (χ3v) is 5.70. The Kier molecular flexibility index (Phi) is 7.21. The Morgan fingerprint density at radius 3 is 2.60 bits per heavy atom. The average Bonchev–Trinajstić information content (AvgIpc) is 3.14. The molecular weight excluding hydrogens is 376 g/mol. The number of benzene rings is 1. The highest BCUT2D eigenvalue weighted by atomic mass is 16.2. The average molecular weight is 409 g/mol. The molecular formula is C24H32N4O2.